The average Bonchev–Trinajstić information content (AvgIpc) is 2.65. The van der Waals surface area contributed by atoms with Crippen LogP contribution in [0.1, 0.15) is 12.1 Å². The van der Waals surface area contributed by atoms with Crippen molar-refractivity contribution in [2.75, 3.05) is 11.9 Å². The fourth-order valence-corrected chi connectivity index (χ4v) is 1.32. The molecule has 2 aromatic heterocycles. The molecule has 0 fully saturated rings. The number of aromatic nitrogens is 4. The normalized spacial score (nSPS) is 10.1. The minimum absolute atomic E-state index is 0.596. The molecule has 0 aliphatic carbocycles. The van der Waals surface area contributed by atoms with Gasteiger partial charge in [-0.25, -0.2) is 4.98 Å². The fourth-order valence-electron chi connectivity index (χ4n) is 1.32. The van der Waals surface area contributed by atoms with Crippen molar-refractivity contribution in [1.82, 2.24) is 19.6 Å². The summed E-state index contributed by atoms with van der Waals surface area (Å²) in [4.78, 5) is 8.26. The van der Waals surface area contributed by atoms with Gasteiger partial charge in [0.15, 0.2) is 0 Å². The molecule has 2 heterocycles. The van der Waals surface area contributed by atoms with Crippen molar-refractivity contribution in [3.05, 3.63) is 18.1 Å². The second-order valence-corrected chi connectivity index (χ2v) is 3.14. The molecule has 0 radical (unpaired) electrons. The van der Waals surface area contributed by atoms with Crippen molar-refractivity contribution >= 4 is 11.6 Å². The highest BCUT2D eigenvalue weighted by molar-refractivity contribution is 5.44. The van der Waals surface area contributed by atoms with Crippen molar-refractivity contribution in [1.29, 1.82) is 0 Å². The topological polar surface area (TPSA) is 55.1 Å². The molecule has 76 valence electrons. The molecule has 2 aromatic rings. The van der Waals surface area contributed by atoms with E-state index in [1.807, 2.05) is 13.0 Å². The van der Waals surface area contributed by atoms with Gasteiger partial charge in [0.25, 0.3) is 5.78 Å². The van der Waals surface area contributed by atoms with Crippen LogP contribution in [0.15, 0.2) is 12.4 Å². The Balaban J connectivity index is 2.32. The first-order valence-electron chi connectivity index (χ1n) is 4.66. The maximum absolute atomic E-state index is 5.18. The first-order chi connectivity index (χ1) is 7.31. The Bertz CT molecular complexity index is 508. The molecule has 0 atom stereocenters. The van der Waals surface area contributed by atoms with E-state index in [1.54, 1.807) is 4.52 Å². The predicted molar refractivity (Wildman–Crippen MR) is 57.5 cm³/mol. The van der Waals surface area contributed by atoms with Gasteiger partial charge in [0, 0.05) is 24.7 Å². The molecule has 1 N–H and O–H groups in total. The number of nitrogens with zero attached hydrogens (tertiary/aromatic N) is 4. The van der Waals surface area contributed by atoms with Crippen LogP contribution in [-0.4, -0.2) is 26.1 Å². The van der Waals surface area contributed by atoms with Crippen molar-refractivity contribution < 1.29 is 0 Å². The second kappa shape index (κ2) is 3.96. The number of terminal acetylenes is 1. The molecule has 5 heteroatoms. The Hall–Kier alpha value is -2.09. The third-order valence-electron chi connectivity index (χ3n) is 1.96. The zero-order valence-corrected chi connectivity index (χ0v) is 8.44. The quantitative estimate of drug-likeness (QED) is 0.591. The van der Waals surface area contributed by atoms with Gasteiger partial charge in [-0.3, -0.25) is 0 Å². The monoisotopic (exact) mass is 201 g/mol. The highest BCUT2D eigenvalue weighted by Crippen LogP contribution is 2.09. The third-order valence-corrected chi connectivity index (χ3v) is 1.96. The Morgan fingerprint density at radius 2 is 2.47 bits per heavy atom. The molecule has 0 aliphatic heterocycles. The van der Waals surface area contributed by atoms with Crippen molar-refractivity contribution in [2.24, 2.45) is 0 Å². The summed E-state index contributed by atoms with van der Waals surface area (Å²) in [5.41, 5.74) is 0.902. The van der Waals surface area contributed by atoms with Gasteiger partial charge in [-0.2, -0.15) is 14.6 Å². The third kappa shape index (κ3) is 1.89. The second-order valence-electron chi connectivity index (χ2n) is 3.14. The van der Waals surface area contributed by atoms with E-state index in [9.17, 15) is 0 Å². The van der Waals surface area contributed by atoms with Gasteiger partial charge in [-0.1, -0.05) is 0 Å². The lowest BCUT2D eigenvalue weighted by Gasteiger charge is -2.06. The Labute approximate surface area is 87.6 Å². The predicted octanol–water partition coefficient (Wildman–Crippen LogP) is 0.868. The number of aryl methyl sites for hydroxylation is 1. The molecule has 0 unspecified atom stereocenters. The highest BCUT2D eigenvalue weighted by atomic mass is 15.3. The van der Waals surface area contributed by atoms with Crippen molar-refractivity contribution in [2.45, 2.75) is 13.3 Å². The van der Waals surface area contributed by atoms with Gasteiger partial charge in [0.05, 0.1) is 0 Å². The summed E-state index contributed by atoms with van der Waals surface area (Å²) in [6, 6.07) is 1.91. The van der Waals surface area contributed by atoms with Crippen molar-refractivity contribution in [3.8, 4) is 12.3 Å². The number of nitrogens with one attached hydrogen (secondary N) is 1. The zero-order valence-electron chi connectivity index (χ0n) is 8.44. The number of anilines is 1. The van der Waals surface area contributed by atoms with E-state index in [4.69, 9.17) is 6.42 Å². The van der Waals surface area contributed by atoms with Gasteiger partial charge < -0.3 is 5.32 Å². The summed E-state index contributed by atoms with van der Waals surface area (Å²) in [5, 5.41) is 7.26. The van der Waals surface area contributed by atoms with Crippen molar-refractivity contribution in [3.63, 3.8) is 0 Å². The van der Waals surface area contributed by atoms with E-state index >= 15 is 0 Å². The van der Waals surface area contributed by atoms with Crippen LogP contribution >= 0.6 is 0 Å². The number of hydrogen-bond donors (Lipinski definition) is 1. The summed E-state index contributed by atoms with van der Waals surface area (Å²) < 4.78 is 1.66. The summed E-state index contributed by atoms with van der Waals surface area (Å²) >= 11 is 0. The maximum Gasteiger partial charge on any atom is 0.254 e. The Morgan fingerprint density at radius 1 is 1.60 bits per heavy atom. The maximum atomic E-state index is 5.18. The van der Waals surface area contributed by atoms with E-state index in [1.165, 1.54) is 6.33 Å². The molecule has 0 spiro atoms. The minimum atomic E-state index is 0.596. The summed E-state index contributed by atoms with van der Waals surface area (Å²) in [6.07, 6.45) is 7.34. The molecule has 0 amide bonds. The summed E-state index contributed by atoms with van der Waals surface area (Å²) in [7, 11) is 0. The van der Waals surface area contributed by atoms with Crippen LogP contribution in [0.2, 0.25) is 0 Å². The molecule has 0 aromatic carbocycles. The van der Waals surface area contributed by atoms with Crippen LogP contribution in [0.3, 0.4) is 0 Å². The smallest absolute Gasteiger partial charge is 0.254 e. The molecule has 0 aliphatic rings. The average molecular weight is 201 g/mol. The molecule has 15 heavy (non-hydrogen) atoms. The summed E-state index contributed by atoms with van der Waals surface area (Å²) in [6.45, 7) is 2.63. The van der Waals surface area contributed by atoms with Gasteiger partial charge in [0.1, 0.15) is 12.1 Å². The standard InChI is InChI=1S/C10H11N5/c1-3-4-5-11-9-6-8(2)14-10-12-7-13-15(9)10/h1,6-7,11H,4-5H2,2H3. The minimum Gasteiger partial charge on any atom is -0.369 e. The first-order valence-corrected chi connectivity index (χ1v) is 4.66. The van der Waals surface area contributed by atoms with Crippen LogP contribution in [0.5, 0.6) is 0 Å². The molecular formula is C10H11N5. The Kier molecular flexibility index (Phi) is 2.50. The van der Waals surface area contributed by atoms with Crippen LogP contribution in [-0.2, 0) is 0 Å². The Morgan fingerprint density at radius 3 is 3.27 bits per heavy atom. The van der Waals surface area contributed by atoms with Gasteiger partial charge in [-0.05, 0) is 6.92 Å². The fraction of sp³-hybridized carbons (Fsp3) is 0.300. The molecule has 0 saturated carbocycles. The van der Waals surface area contributed by atoms with Crippen LogP contribution in [0.4, 0.5) is 5.82 Å². The molecule has 2 rings (SSSR count). The molecule has 0 bridgehead atoms. The largest absolute Gasteiger partial charge is 0.369 e. The van der Waals surface area contributed by atoms with E-state index in [-0.39, 0.29) is 0 Å². The van der Waals surface area contributed by atoms with Crippen LogP contribution in [0, 0.1) is 19.3 Å². The molecule has 5 nitrogen and oxygen atoms in total. The van der Waals surface area contributed by atoms with Gasteiger partial charge in [0.2, 0.25) is 0 Å². The van der Waals surface area contributed by atoms with Crippen LogP contribution in [0.25, 0.3) is 5.78 Å². The lowest BCUT2D eigenvalue weighted by Crippen LogP contribution is -2.07. The van der Waals surface area contributed by atoms with Gasteiger partial charge >= 0.3 is 0 Å². The van der Waals surface area contributed by atoms with Crippen LogP contribution < -0.4 is 5.32 Å². The first kappa shape index (κ1) is 9.46. The highest BCUT2D eigenvalue weighted by Gasteiger charge is 2.03. The number of rotatable bonds is 3. The number of fused-ring (bicyclic) bond motifs is 1. The van der Waals surface area contributed by atoms with Gasteiger partial charge in [-0.15, -0.1) is 12.3 Å². The number of hydrogen-bond acceptors (Lipinski definition) is 4. The molecule has 0 saturated heterocycles. The lowest BCUT2D eigenvalue weighted by molar-refractivity contribution is 0.915. The van der Waals surface area contributed by atoms with E-state index in [2.05, 4.69) is 26.3 Å². The SMILES string of the molecule is C#CCCNc1cc(C)nc2ncnn12. The zero-order chi connectivity index (χ0) is 10.7. The summed E-state index contributed by atoms with van der Waals surface area (Å²) in [5.74, 6) is 4.03. The van der Waals surface area contributed by atoms with E-state index in [0.717, 1.165) is 18.1 Å². The van der Waals surface area contributed by atoms with E-state index in [0.29, 0.717) is 12.2 Å². The lowest BCUT2D eigenvalue weighted by atomic mass is 10.4. The van der Waals surface area contributed by atoms with E-state index < -0.39 is 0 Å². The molecular weight excluding hydrogens is 190 g/mol.